The van der Waals surface area contributed by atoms with Crippen molar-refractivity contribution in [3.8, 4) is 0 Å². The summed E-state index contributed by atoms with van der Waals surface area (Å²) in [5, 5.41) is 3.90. The molecule has 0 heterocycles. The first kappa shape index (κ1) is 6.99. The van der Waals surface area contributed by atoms with Gasteiger partial charge in [0.1, 0.15) is 0 Å². The first-order valence-corrected chi connectivity index (χ1v) is 4.30. The van der Waals surface area contributed by atoms with E-state index >= 15 is 0 Å². The maximum Gasteiger partial charge on any atom is 0.0456 e. The molecular formula is C8H13N3. The Balaban J connectivity index is 2.27. The van der Waals surface area contributed by atoms with Gasteiger partial charge in [0.05, 0.1) is 0 Å². The lowest BCUT2D eigenvalue weighted by atomic mass is 9.85. The molecular weight excluding hydrogens is 138 g/mol. The molecule has 2 saturated carbocycles. The van der Waals surface area contributed by atoms with E-state index in [2.05, 4.69) is 16.9 Å². The van der Waals surface area contributed by atoms with Crippen LogP contribution in [-0.4, -0.2) is 6.04 Å². The Labute approximate surface area is 66.4 Å². The molecule has 3 heteroatoms. The van der Waals surface area contributed by atoms with E-state index in [0.29, 0.717) is 17.4 Å². The molecule has 2 aliphatic carbocycles. The van der Waals surface area contributed by atoms with Gasteiger partial charge in [-0.15, -0.1) is 0 Å². The van der Waals surface area contributed by atoms with Crippen molar-refractivity contribution in [2.24, 2.45) is 16.4 Å². The van der Waals surface area contributed by atoms with Crippen molar-refractivity contribution in [1.29, 1.82) is 0 Å². The van der Waals surface area contributed by atoms with Crippen LogP contribution >= 0.6 is 0 Å². The normalized spacial score (nSPS) is 47.4. The lowest BCUT2D eigenvalue weighted by molar-refractivity contribution is 0.308. The zero-order valence-electron chi connectivity index (χ0n) is 6.82. The molecule has 0 aromatic carbocycles. The minimum absolute atomic E-state index is 0.312. The monoisotopic (exact) mass is 151 g/mol. The molecule has 0 aromatic rings. The largest absolute Gasteiger partial charge is 0.0898 e. The molecule has 0 aromatic heterocycles. The standard InChI is InChI=1S/C8H13N3/c1-8-4-2-6(3-5-8)7(8)10-11-9/h6-7H,2-5H2,1H3/t6?,7-,8?/m1/s1. The van der Waals surface area contributed by atoms with Crippen LogP contribution < -0.4 is 0 Å². The summed E-state index contributed by atoms with van der Waals surface area (Å²) in [7, 11) is 0. The van der Waals surface area contributed by atoms with Crippen LogP contribution in [0.15, 0.2) is 5.11 Å². The lowest BCUT2D eigenvalue weighted by Gasteiger charge is -2.22. The number of rotatable bonds is 1. The third-order valence-electron chi connectivity index (χ3n) is 3.51. The third kappa shape index (κ3) is 0.842. The molecule has 0 amide bonds. The summed E-state index contributed by atoms with van der Waals surface area (Å²) in [6.07, 6.45) is 5.09. The van der Waals surface area contributed by atoms with E-state index in [1.54, 1.807) is 0 Å². The van der Waals surface area contributed by atoms with E-state index in [-0.39, 0.29) is 0 Å². The second-order valence-electron chi connectivity index (χ2n) is 4.14. The van der Waals surface area contributed by atoms with E-state index in [4.69, 9.17) is 5.53 Å². The van der Waals surface area contributed by atoms with E-state index in [0.717, 1.165) is 0 Å². The van der Waals surface area contributed by atoms with Crippen LogP contribution in [0.4, 0.5) is 0 Å². The Hall–Kier alpha value is -0.690. The summed E-state index contributed by atoms with van der Waals surface area (Å²) in [6, 6.07) is 0.312. The van der Waals surface area contributed by atoms with Gasteiger partial charge in [0.2, 0.25) is 0 Å². The average Bonchev–Trinajstić information content (AvgIpc) is 2.44. The Morgan fingerprint density at radius 2 is 2.09 bits per heavy atom. The highest BCUT2D eigenvalue weighted by Crippen LogP contribution is 2.55. The van der Waals surface area contributed by atoms with Gasteiger partial charge in [0.15, 0.2) is 0 Å². The van der Waals surface area contributed by atoms with Crippen molar-refractivity contribution in [3.05, 3.63) is 10.4 Å². The smallest absolute Gasteiger partial charge is 0.0456 e. The quantitative estimate of drug-likeness (QED) is 0.314. The molecule has 0 aliphatic heterocycles. The molecule has 2 fully saturated rings. The lowest BCUT2D eigenvalue weighted by Crippen LogP contribution is -2.20. The summed E-state index contributed by atoms with van der Waals surface area (Å²) in [6.45, 7) is 2.26. The molecule has 3 nitrogen and oxygen atoms in total. The summed E-state index contributed by atoms with van der Waals surface area (Å²) in [5.74, 6) is 0.705. The molecule has 0 spiro atoms. The minimum atomic E-state index is 0.312. The fourth-order valence-corrected chi connectivity index (χ4v) is 2.77. The van der Waals surface area contributed by atoms with Crippen molar-refractivity contribution in [2.45, 2.75) is 38.6 Å². The second-order valence-corrected chi connectivity index (χ2v) is 4.14. The summed E-state index contributed by atoms with van der Waals surface area (Å²) in [4.78, 5) is 2.93. The maximum atomic E-state index is 8.36. The highest BCUT2D eigenvalue weighted by Gasteiger charge is 2.49. The number of azide groups is 1. The van der Waals surface area contributed by atoms with Gasteiger partial charge in [-0.2, -0.15) is 0 Å². The number of hydrogen-bond donors (Lipinski definition) is 0. The first-order chi connectivity index (χ1) is 5.26. The van der Waals surface area contributed by atoms with Crippen LogP contribution in [0.25, 0.3) is 10.4 Å². The van der Waals surface area contributed by atoms with Gasteiger partial charge >= 0.3 is 0 Å². The zero-order valence-corrected chi connectivity index (χ0v) is 6.82. The van der Waals surface area contributed by atoms with Gasteiger partial charge in [-0.3, -0.25) is 0 Å². The number of nitrogens with zero attached hydrogens (tertiary/aromatic N) is 3. The highest BCUT2D eigenvalue weighted by atomic mass is 15.2. The van der Waals surface area contributed by atoms with Gasteiger partial charge in [0, 0.05) is 11.0 Å². The SMILES string of the molecule is CC12CCC(CC1)[C@H]2N=[N+]=[N-]. The zero-order chi connectivity index (χ0) is 7.90. The van der Waals surface area contributed by atoms with E-state index in [9.17, 15) is 0 Å². The van der Waals surface area contributed by atoms with Gasteiger partial charge in [0.25, 0.3) is 0 Å². The van der Waals surface area contributed by atoms with Crippen LogP contribution in [0.2, 0.25) is 0 Å². The van der Waals surface area contributed by atoms with Crippen LogP contribution in [0.1, 0.15) is 32.6 Å². The predicted octanol–water partition coefficient (Wildman–Crippen LogP) is 2.88. The second kappa shape index (κ2) is 2.15. The van der Waals surface area contributed by atoms with Gasteiger partial charge < -0.3 is 0 Å². The van der Waals surface area contributed by atoms with Gasteiger partial charge in [-0.1, -0.05) is 12.0 Å². The maximum absolute atomic E-state index is 8.36. The van der Waals surface area contributed by atoms with E-state index < -0.39 is 0 Å². The summed E-state index contributed by atoms with van der Waals surface area (Å²) >= 11 is 0. The fraction of sp³-hybridized carbons (Fsp3) is 1.00. The Morgan fingerprint density at radius 3 is 2.45 bits per heavy atom. The fourth-order valence-electron chi connectivity index (χ4n) is 2.77. The first-order valence-electron chi connectivity index (χ1n) is 4.30. The Morgan fingerprint density at radius 1 is 1.45 bits per heavy atom. The molecule has 0 saturated heterocycles. The molecule has 0 N–H and O–H groups in total. The molecule has 2 bridgehead atoms. The van der Waals surface area contributed by atoms with Gasteiger partial charge in [-0.05, 0) is 42.5 Å². The predicted molar refractivity (Wildman–Crippen MR) is 43.0 cm³/mol. The topological polar surface area (TPSA) is 48.8 Å². The minimum Gasteiger partial charge on any atom is -0.0898 e. The summed E-state index contributed by atoms with van der Waals surface area (Å²) in [5.41, 5.74) is 8.72. The summed E-state index contributed by atoms with van der Waals surface area (Å²) < 4.78 is 0. The van der Waals surface area contributed by atoms with Gasteiger partial charge in [-0.25, -0.2) is 0 Å². The molecule has 0 unspecified atom stereocenters. The Bertz CT molecular complexity index is 209. The Kier molecular flexibility index (Phi) is 1.36. The van der Waals surface area contributed by atoms with Crippen molar-refractivity contribution in [2.75, 3.05) is 0 Å². The average molecular weight is 151 g/mol. The van der Waals surface area contributed by atoms with E-state index in [1.165, 1.54) is 25.7 Å². The highest BCUT2D eigenvalue weighted by molar-refractivity contribution is 5.04. The molecule has 11 heavy (non-hydrogen) atoms. The van der Waals surface area contributed by atoms with Crippen molar-refractivity contribution >= 4 is 0 Å². The van der Waals surface area contributed by atoms with Crippen LogP contribution in [0.5, 0.6) is 0 Å². The van der Waals surface area contributed by atoms with E-state index in [1.807, 2.05) is 0 Å². The van der Waals surface area contributed by atoms with Crippen molar-refractivity contribution in [1.82, 2.24) is 0 Å². The number of hydrogen-bond acceptors (Lipinski definition) is 1. The molecule has 2 aliphatic rings. The molecule has 2 rings (SSSR count). The number of fused-ring (bicyclic) bond motifs is 2. The van der Waals surface area contributed by atoms with Crippen LogP contribution in [-0.2, 0) is 0 Å². The molecule has 0 radical (unpaired) electrons. The van der Waals surface area contributed by atoms with Crippen molar-refractivity contribution in [3.63, 3.8) is 0 Å². The van der Waals surface area contributed by atoms with Crippen LogP contribution in [0, 0.1) is 11.3 Å². The molecule has 1 atom stereocenters. The third-order valence-corrected chi connectivity index (χ3v) is 3.51. The van der Waals surface area contributed by atoms with Crippen molar-refractivity contribution < 1.29 is 0 Å². The van der Waals surface area contributed by atoms with Crippen LogP contribution in [0.3, 0.4) is 0 Å². The molecule has 60 valence electrons.